The third-order valence-electron chi connectivity index (χ3n) is 2.29. The van der Waals surface area contributed by atoms with Crippen molar-refractivity contribution in [3.05, 3.63) is 0 Å². The molecule has 0 bridgehead atoms. The van der Waals surface area contributed by atoms with Gasteiger partial charge in [0.1, 0.15) is 0 Å². The molecular weight excluding hydrogens is 252 g/mol. The smallest absolute Gasteiger partial charge is 0.279 e. The molecule has 0 aromatic carbocycles. The van der Waals surface area contributed by atoms with Crippen molar-refractivity contribution in [3.8, 4) is 0 Å². The predicted molar refractivity (Wildman–Crippen MR) is 80.3 cm³/mol. The van der Waals surface area contributed by atoms with Crippen LogP contribution in [0.2, 0.25) is 0 Å². The van der Waals surface area contributed by atoms with Crippen LogP contribution in [0.5, 0.6) is 0 Å². The molecule has 0 atom stereocenters. The summed E-state index contributed by atoms with van der Waals surface area (Å²) in [6.45, 7) is 5.04. The van der Waals surface area contributed by atoms with Crippen LogP contribution in [-0.2, 0) is 4.79 Å². The molecule has 0 aromatic rings. The summed E-state index contributed by atoms with van der Waals surface area (Å²) in [5, 5.41) is 2.83. The molecule has 0 fully saturated rings. The number of rotatable bonds is 9. The summed E-state index contributed by atoms with van der Waals surface area (Å²) in [5.74, 6) is 0.834. The molecule has 0 radical (unpaired) electrons. The number of carbonyl (C=O) groups excluding carboxylic acids is 1. The van der Waals surface area contributed by atoms with Gasteiger partial charge in [-0.2, -0.15) is 0 Å². The van der Waals surface area contributed by atoms with E-state index in [1.165, 1.54) is 31.2 Å². The molecule has 5 heteroatoms. The van der Waals surface area contributed by atoms with Crippen molar-refractivity contribution in [2.45, 2.75) is 52.4 Å². The summed E-state index contributed by atoms with van der Waals surface area (Å²) < 4.78 is 2.91. The lowest BCUT2D eigenvalue weighted by Gasteiger charge is -2.07. The molecule has 1 amide bonds. The second kappa shape index (κ2) is 12.2. The van der Waals surface area contributed by atoms with Crippen LogP contribution in [0.4, 0.5) is 0 Å². The third kappa shape index (κ3) is 10.6. The molecule has 17 heavy (non-hydrogen) atoms. The second-order valence-electron chi connectivity index (χ2n) is 3.95. The number of hydrogen-bond donors (Lipinski definition) is 2. The first-order valence-electron chi connectivity index (χ1n) is 6.42. The van der Waals surface area contributed by atoms with Crippen LogP contribution in [0.25, 0.3) is 0 Å². The van der Waals surface area contributed by atoms with Crippen LogP contribution in [0.1, 0.15) is 52.4 Å². The quantitative estimate of drug-likeness (QED) is 0.386. The van der Waals surface area contributed by atoms with Gasteiger partial charge in [-0.15, -0.1) is 0 Å². The van der Waals surface area contributed by atoms with Gasteiger partial charge in [-0.1, -0.05) is 63.7 Å². The van der Waals surface area contributed by atoms with Gasteiger partial charge in [0.05, 0.1) is 0 Å². The van der Waals surface area contributed by atoms with E-state index >= 15 is 0 Å². The molecule has 0 aliphatic heterocycles. The highest BCUT2D eigenvalue weighted by Crippen LogP contribution is 2.00. The molecule has 0 aliphatic carbocycles. The topological polar surface area (TPSA) is 41.1 Å². The van der Waals surface area contributed by atoms with Crippen molar-refractivity contribution < 1.29 is 4.79 Å². The van der Waals surface area contributed by atoms with E-state index < -0.39 is 0 Å². The minimum absolute atomic E-state index is 0.152. The summed E-state index contributed by atoms with van der Waals surface area (Å²) >= 11 is 6.49. The summed E-state index contributed by atoms with van der Waals surface area (Å²) in [6, 6.07) is 0. The normalized spacial score (nSPS) is 10.0. The van der Waals surface area contributed by atoms with Crippen molar-refractivity contribution in [3.63, 3.8) is 0 Å². The first kappa shape index (κ1) is 16.7. The van der Waals surface area contributed by atoms with Gasteiger partial charge in [-0.05, 0) is 12.8 Å². The molecule has 0 aromatic heterocycles. The summed E-state index contributed by atoms with van der Waals surface area (Å²) in [5.41, 5.74) is 0. The Morgan fingerprint density at radius 1 is 1.12 bits per heavy atom. The zero-order valence-corrected chi connectivity index (χ0v) is 12.5. The van der Waals surface area contributed by atoms with Crippen molar-refractivity contribution in [2.24, 2.45) is 0 Å². The molecule has 0 unspecified atom stereocenters. The van der Waals surface area contributed by atoms with E-state index in [1.54, 1.807) is 0 Å². The Balaban J connectivity index is 3.44. The van der Waals surface area contributed by atoms with Gasteiger partial charge in [0.15, 0.2) is 4.99 Å². The highest BCUT2D eigenvalue weighted by molar-refractivity contribution is 7.99. The second-order valence-corrected chi connectivity index (χ2v) is 5.26. The number of amides is 1. The fourth-order valence-corrected chi connectivity index (χ4v) is 2.22. The van der Waals surface area contributed by atoms with Gasteiger partial charge in [-0.3, -0.25) is 4.79 Å². The fraction of sp³-hybridized carbons (Fsp3) is 0.833. The van der Waals surface area contributed by atoms with Gasteiger partial charge >= 0.3 is 0 Å². The Morgan fingerprint density at radius 2 is 1.82 bits per heavy atom. The van der Waals surface area contributed by atoms with Crippen LogP contribution in [0.3, 0.4) is 0 Å². The molecule has 0 aliphatic rings. The fourth-order valence-electron chi connectivity index (χ4n) is 1.21. The lowest BCUT2D eigenvalue weighted by molar-refractivity contribution is -0.114. The van der Waals surface area contributed by atoms with E-state index in [1.807, 2.05) is 0 Å². The number of nitrogens with one attached hydrogen (secondary N) is 2. The van der Waals surface area contributed by atoms with E-state index in [-0.39, 0.29) is 5.91 Å². The minimum Gasteiger partial charge on any atom is -0.350 e. The van der Waals surface area contributed by atoms with Crippen molar-refractivity contribution in [1.82, 2.24) is 10.0 Å². The maximum atomic E-state index is 11.5. The number of hydrogen-bond acceptors (Lipinski definition) is 3. The Hall–Kier alpha value is -0.290. The molecule has 0 rings (SSSR count). The highest BCUT2D eigenvalue weighted by Gasteiger charge is 2.07. The van der Waals surface area contributed by atoms with E-state index in [0.717, 1.165) is 31.6 Å². The first-order valence-corrected chi connectivity index (χ1v) is 7.81. The van der Waals surface area contributed by atoms with Gasteiger partial charge in [0.25, 0.3) is 5.91 Å². The average molecular weight is 276 g/mol. The molecule has 0 saturated heterocycles. The average Bonchev–Trinajstić information content (AvgIpc) is 2.34. The Kier molecular flexibility index (Phi) is 12.0. The van der Waals surface area contributed by atoms with Crippen LogP contribution in [0.15, 0.2) is 0 Å². The molecule has 100 valence electrons. The Bertz CT molecular complexity index is 223. The number of carbonyl (C=O) groups is 1. The Morgan fingerprint density at radius 3 is 2.47 bits per heavy atom. The van der Waals surface area contributed by atoms with Crippen LogP contribution in [-0.4, -0.2) is 23.2 Å². The lowest BCUT2D eigenvalue weighted by atomic mass is 10.2. The number of unbranched alkanes of at least 4 members (excludes halogenated alkanes) is 4. The standard InChI is InChI=1S/C12H24N2OS2/c1-3-5-7-8-9-13-11(15)12(16)14-17-10-6-4-2/h3-10H2,1-2H3,(H,13,15)(H,14,16). The van der Waals surface area contributed by atoms with E-state index in [0.29, 0.717) is 4.99 Å². The highest BCUT2D eigenvalue weighted by atomic mass is 32.2. The van der Waals surface area contributed by atoms with Crippen LogP contribution >= 0.6 is 24.2 Å². The molecule has 0 saturated carbocycles. The first-order chi connectivity index (χ1) is 8.22. The van der Waals surface area contributed by atoms with Crippen LogP contribution in [0, 0.1) is 0 Å². The Labute approximate surface area is 115 Å². The minimum atomic E-state index is -0.152. The summed E-state index contributed by atoms with van der Waals surface area (Å²) in [6.07, 6.45) is 6.94. The van der Waals surface area contributed by atoms with Crippen molar-refractivity contribution in [1.29, 1.82) is 0 Å². The number of thiocarbonyl (C=S) groups is 1. The zero-order valence-electron chi connectivity index (χ0n) is 10.9. The zero-order chi connectivity index (χ0) is 12.9. The third-order valence-corrected chi connectivity index (χ3v) is 3.54. The molecule has 0 heterocycles. The van der Waals surface area contributed by atoms with Crippen molar-refractivity contribution in [2.75, 3.05) is 12.3 Å². The van der Waals surface area contributed by atoms with Gasteiger partial charge in [-0.25, -0.2) is 0 Å². The predicted octanol–water partition coefficient (Wildman–Crippen LogP) is 3.05. The molecule has 2 N–H and O–H groups in total. The van der Waals surface area contributed by atoms with E-state index in [2.05, 4.69) is 23.9 Å². The maximum absolute atomic E-state index is 11.5. The SMILES string of the molecule is CCCCCCNC(=O)C(=S)NSCCCC. The van der Waals surface area contributed by atoms with Crippen LogP contribution < -0.4 is 10.0 Å². The van der Waals surface area contributed by atoms with E-state index in [9.17, 15) is 4.79 Å². The largest absolute Gasteiger partial charge is 0.350 e. The van der Waals surface area contributed by atoms with Gasteiger partial charge in [0.2, 0.25) is 0 Å². The van der Waals surface area contributed by atoms with E-state index in [4.69, 9.17) is 12.2 Å². The molecular formula is C12H24N2OS2. The summed E-state index contributed by atoms with van der Waals surface area (Å²) in [4.78, 5) is 11.8. The van der Waals surface area contributed by atoms with Gasteiger partial charge < -0.3 is 10.0 Å². The lowest BCUT2D eigenvalue weighted by Crippen LogP contribution is -2.36. The monoisotopic (exact) mass is 276 g/mol. The molecule has 0 spiro atoms. The maximum Gasteiger partial charge on any atom is 0.279 e. The van der Waals surface area contributed by atoms with Gasteiger partial charge in [0, 0.05) is 12.3 Å². The molecule has 3 nitrogen and oxygen atoms in total. The summed E-state index contributed by atoms with van der Waals surface area (Å²) in [7, 11) is 0. The van der Waals surface area contributed by atoms with Crippen molar-refractivity contribution >= 4 is 35.1 Å².